The number of aliphatic hydroxyl groups is 1. The van der Waals surface area contributed by atoms with E-state index >= 15 is 0 Å². The van der Waals surface area contributed by atoms with Gasteiger partial charge in [-0.05, 0) is 81.3 Å². The van der Waals surface area contributed by atoms with E-state index in [0.717, 1.165) is 43.2 Å². The zero-order valence-electron chi connectivity index (χ0n) is 14.5. The van der Waals surface area contributed by atoms with Crippen LogP contribution >= 0.6 is 0 Å². The summed E-state index contributed by atoms with van der Waals surface area (Å²) in [5, 5.41) is 11.5. The number of fused-ring (bicyclic) bond motifs is 2. The molecule has 1 N–H and O–H groups in total. The van der Waals surface area contributed by atoms with Gasteiger partial charge in [0.2, 0.25) is 0 Å². The lowest BCUT2D eigenvalue weighted by molar-refractivity contribution is -0.00492. The van der Waals surface area contributed by atoms with Gasteiger partial charge in [-0.2, -0.15) is 0 Å². The third kappa shape index (κ3) is 2.78. The van der Waals surface area contributed by atoms with E-state index < -0.39 is 5.60 Å². The Morgan fingerprint density at radius 3 is 2.71 bits per heavy atom. The van der Waals surface area contributed by atoms with Gasteiger partial charge in [0.05, 0.1) is 5.60 Å². The Morgan fingerprint density at radius 1 is 1.21 bits per heavy atom. The maximum atomic E-state index is 12.0. The minimum Gasteiger partial charge on any atom is -0.423 e. The predicted octanol–water partition coefficient (Wildman–Crippen LogP) is 3.02. The molecule has 1 aromatic carbocycles. The minimum absolute atomic E-state index is 0.134. The van der Waals surface area contributed by atoms with Gasteiger partial charge in [-0.1, -0.05) is 0 Å². The second-order valence-corrected chi connectivity index (χ2v) is 7.84. The fourth-order valence-corrected chi connectivity index (χ4v) is 4.46. The standard InChI is InChI=1S/C20H25NO3/c1-20(2,23)18-7-4-8-21(18)12-15-11-19(22)24-17-10-14-6-3-5-13(14)9-16(15)17/h9-11,18,23H,3-8,12H2,1-2H3. The summed E-state index contributed by atoms with van der Waals surface area (Å²) >= 11 is 0. The van der Waals surface area contributed by atoms with Gasteiger partial charge in [0.15, 0.2) is 0 Å². The molecule has 0 radical (unpaired) electrons. The van der Waals surface area contributed by atoms with Crippen molar-refractivity contribution in [3.8, 4) is 0 Å². The van der Waals surface area contributed by atoms with Gasteiger partial charge in [-0.15, -0.1) is 0 Å². The van der Waals surface area contributed by atoms with Crippen molar-refractivity contribution in [2.45, 2.75) is 64.1 Å². The average Bonchev–Trinajstić information content (AvgIpc) is 3.12. The van der Waals surface area contributed by atoms with E-state index in [4.69, 9.17) is 4.42 Å². The van der Waals surface area contributed by atoms with Crippen LogP contribution in [0.15, 0.2) is 27.4 Å². The molecule has 1 aliphatic heterocycles. The molecule has 2 heterocycles. The lowest BCUT2D eigenvalue weighted by Gasteiger charge is -2.34. The fourth-order valence-electron chi connectivity index (χ4n) is 4.46. The molecule has 24 heavy (non-hydrogen) atoms. The van der Waals surface area contributed by atoms with Crippen molar-refractivity contribution in [1.29, 1.82) is 0 Å². The van der Waals surface area contributed by atoms with Gasteiger partial charge in [-0.3, -0.25) is 4.90 Å². The van der Waals surface area contributed by atoms with Crippen LogP contribution in [-0.4, -0.2) is 28.2 Å². The molecule has 2 aliphatic rings. The van der Waals surface area contributed by atoms with Crippen molar-refractivity contribution in [3.05, 3.63) is 45.3 Å². The molecule has 2 aromatic rings. The number of likely N-dealkylation sites (tertiary alicyclic amines) is 1. The highest BCUT2D eigenvalue weighted by atomic mass is 16.4. The van der Waals surface area contributed by atoms with Crippen LogP contribution in [0, 0.1) is 0 Å². The predicted molar refractivity (Wildman–Crippen MR) is 94.2 cm³/mol. The van der Waals surface area contributed by atoms with Crippen molar-refractivity contribution < 1.29 is 9.52 Å². The highest BCUT2D eigenvalue weighted by molar-refractivity contribution is 5.82. The first kappa shape index (κ1) is 15.9. The second-order valence-electron chi connectivity index (χ2n) is 7.84. The van der Waals surface area contributed by atoms with Crippen LogP contribution < -0.4 is 5.63 Å². The van der Waals surface area contributed by atoms with Crippen molar-refractivity contribution in [2.75, 3.05) is 6.54 Å². The number of benzene rings is 1. The van der Waals surface area contributed by atoms with Gasteiger partial charge in [0.1, 0.15) is 5.58 Å². The molecule has 1 unspecified atom stereocenters. The van der Waals surface area contributed by atoms with Crippen LogP contribution in [0.25, 0.3) is 11.0 Å². The van der Waals surface area contributed by atoms with Crippen LogP contribution in [0.4, 0.5) is 0 Å². The molecule has 1 atom stereocenters. The number of hydrogen-bond acceptors (Lipinski definition) is 4. The third-order valence-electron chi connectivity index (χ3n) is 5.60. The molecule has 4 rings (SSSR count). The lowest BCUT2D eigenvalue weighted by atomic mass is 9.96. The Bertz CT molecular complexity index is 831. The summed E-state index contributed by atoms with van der Waals surface area (Å²) in [5.74, 6) is 0. The van der Waals surface area contributed by atoms with E-state index in [0.29, 0.717) is 12.1 Å². The molecular weight excluding hydrogens is 302 g/mol. The minimum atomic E-state index is -0.729. The second kappa shape index (κ2) is 5.71. The molecule has 128 valence electrons. The van der Waals surface area contributed by atoms with Crippen molar-refractivity contribution in [3.63, 3.8) is 0 Å². The Hall–Kier alpha value is -1.65. The number of aryl methyl sites for hydroxylation is 2. The summed E-state index contributed by atoms with van der Waals surface area (Å²) in [6.07, 6.45) is 5.45. The highest BCUT2D eigenvalue weighted by Gasteiger charge is 2.36. The van der Waals surface area contributed by atoms with Gasteiger partial charge in [-0.25, -0.2) is 4.79 Å². The summed E-state index contributed by atoms with van der Waals surface area (Å²) in [7, 11) is 0. The molecule has 0 bridgehead atoms. The average molecular weight is 327 g/mol. The summed E-state index contributed by atoms with van der Waals surface area (Å²) in [6.45, 7) is 5.40. The van der Waals surface area contributed by atoms with Crippen molar-refractivity contribution in [1.82, 2.24) is 4.90 Å². The Balaban J connectivity index is 1.75. The third-order valence-corrected chi connectivity index (χ3v) is 5.60. The van der Waals surface area contributed by atoms with Gasteiger partial charge >= 0.3 is 5.63 Å². The number of rotatable bonds is 3. The van der Waals surface area contributed by atoms with E-state index in [1.54, 1.807) is 6.07 Å². The SMILES string of the molecule is CC(C)(O)C1CCCN1Cc1cc(=O)oc2cc3c(cc12)CCC3. The quantitative estimate of drug-likeness (QED) is 0.881. The zero-order valence-corrected chi connectivity index (χ0v) is 14.5. The first-order chi connectivity index (χ1) is 11.4. The van der Waals surface area contributed by atoms with Crippen molar-refractivity contribution in [2.24, 2.45) is 0 Å². The molecule has 0 saturated carbocycles. The molecular formula is C20H25NO3. The first-order valence-corrected chi connectivity index (χ1v) is 8.97. The molecule has 1 aliphatic carbocycles. The summed E-state index contributed by atoms with van der Waals surface area (Å²) in [6, 6.07) is 6.03. The summed E-state index contributed by atoms with van der Waals surface area (Å²) in [4.78, 5) is 14.3. The monoisotopic (exact) mass is 327 g/mol. The van der Waals surface area contributed by atoms with Crippen molar-refractivity contribution >= 4 is 11.0 Å². The smallest absolute Gasteiger partial charge is 0.336 e. The van der Waals surface area contributed by atoms with Crippen LogP contribution in [0.5, 0.6) is 0 Å². The topological polar surface area (TPSA) is 53.7 Å². The maximum Gasteiger partial charge on any atom is 0.336 e. The van der Waals surface area contributed by atoms with Crippen LogP contribution in [0.1, 0.15) is 49.8 Å². The maximum absolute atomic E-state index is 12.0. The van der Waals surface area contributed by atoms with Crippen LogP contribution in [-0.2, 0) is 19.4 Å². The fraction of sp³-hybridized carbons (Fsp3) is 0.550. The Kier molecular flexibility index (Phi) is 3.77. The molecule has 1 saturated heterocycles. The number of nitrogens with zero attached hydrogens (tertiary/aromatic N) is 1. The molecule has 1 aromatic heterocycles. The van der Waals surface area contributed by atoms with Gasteiger partial charge in [0, 0.05) is 24.0 Å². The highest BCUT2D eigenvalue weighted by Crippen LogP contribution is 2.32. The van der Waals surface area contributed by atoms with E-state index in [-0.39, 0.29) is 11.7 Å². The molecule has 0 amide bonds. The van der Waals surface area contributed by atoms with Crippen LogP contribution in [0.3, 0.4) is 0 Å². The largest absolute Gasteiger partial charge is 0.423 e. The van der Waals surface area contributed by atoms with E-state index in [1.165, 1.54) is 17.5 Å². The normalized spacial score (nSPS) is 21.5. The van der Waals surface area contributed by atoms with Gasteiger partial charge < -0.3 is 9.52 Å². The number of hydrogen-bond donors (Lipinski definition) is 1. The zero-order chi connectivity index (χ0) is 16.9. The molecule has 4 heteroatoms. The summed E-state index contributed by atoms with van der Waals surface area (Å²) < 4.78 is 5.46. The summed E-state index contributed by atoms with van der Waals surface area (Å²) in [5.41, 5.74) is 3.42. The Labute approximate surface area is 142 Å². The molecule has 0 spiro atoms. The van der Waals surface area contributed by atoms with E-state index in [1.807, 2.05) is 13.8 Å². The lowest BCUT2D eigenvalue weighted by Crippen LogP contribution is -2.45. The first-order valence-electron chi connectivity index (χ1n) is 8.97. The Morgan fingerprint density at radius 2 is 1.96 bits per heavy atom. The van der Waals surface area contributed by atoms with E-state index in [9.17, 15) is 9.90 Å². The van der Waals surface area contributed by atoms with Gasteiger partial charge in [0.25, 0.3) is 0 Å². The van der Waals surface area contributed by atoms with E-state index in [2.05, 4.69) is 17.0 Å². The van der Waals surface area contributed by atoms with Crippen LogP contribution in [0.2, 0.25) is 0 Å². The molecule has 1 fully saturated rings. The molecule has 4 nitrogen and oxygen atoms in total.